The van der Waals surface area contributed by atoms with Gasteiger partial charge in [-0.05, 0) is 12.1 Å². The predicted octanol–water partition coefficient (Wildman–Crippen LogP) is 2.36. The van der Waals surface area contributed by atoms with Crippen LogP contribution in [0, 0.1) is 0 Å². The fourth-order valence-corrected chi connectivity index (χ4v) is 1.11. The van der Waals surface area contributed by atoms with E-state index in [0.29, 0.717) is 19.0 Å². The van der Waals surface area contributed by atoms with E-state index in [1.807, 2.05) is 0 Å². The first-order valence-corrected chi connectivity index (χ1v) is 4.63. The first-order valence-electron chi connectivity index (χ1n) is 4.63. The highest BCUT2D eigenvalue weighted by molar-refractivity contribution is 5.33. The molecule has 6 heteroatoms. The molecule has 2 rings (SSSR count). The molecule has 1 aliphatic heterocycles. The van der Waals surface area contributed by atoms with Crippen molar-refractivity contribution in [2.75, 3.05) is 13.2 Å². The van der Waals surface area contributed by atoms with E-state index in [1.54, 1.807) is 6.07 Å². The molecule has 0 amide bonds. The van der Waals surface area contributed by atoms with Crippen molar-refractivity contribution in [2.24, 2.45) is 0 Å². The Bertz CT molecular complexity index is 361. The van der Waals surface area contributed by atoms with Gasteiger partial charge in [0.05, 0.1) is 6.61 Å². The third kappa shape index (κ3) is 3.62. The average Bonchev–Trinajstić information content (AvgIpc) is 2.96. The van der Waals surface area contributed by atoms with Crippen molar-refractivity contribution in [1.82, 2.24) is 0 Å². The Morgan fingerprint density at radius 2 is 2.00 bits per heavy atom. The van der Waals surface area contributed by atoms with Gasteiger partial charge in [-0.3, -0.25) is 0 Å². The van der Waals surface area contributed by atoms with Crippen LogP contribution < -0.4 is 9.47 Å². The first-order chi connectivity index (χ1) is 7.53. The van der Waals surface area contributed by atoms with E-state index in [2.05, 4.69) is 4.74 Å². The van der Waals surface area contributed by atoms with Crippen LogP contribution >= 0.6 is 0 Å². The molecule has 0 spiro atoms. The van der Waals surface area contributed by atoms with Gasteiger partial charge in [-0.15, -0.1) is 13.2 Å². The molecule has 16 heavy (non-hydrogen) atoms. The summed E-state index contributed by atoms with van der Waals surface area (Å²) in [6, 6.07) is 5.40. The number of hydrogen-bond donors (Lipinski definition) is 0. The van der Waals surface area contributed by atoms with Crippen molar-refractivity contribution in [1.29, 1.82) is 0 Å². The summed E-state index contributed by atoms with van der Waals surface area (Å²) in [5.74, 6) is 0.0407. The van der Waals surface area contributed by atoms with E-state index in [-0.39, 0.29) is 11.9 Å². The van der Waals surface area contributed by atoms with Crippen LogP contribution in [0.4, 0.5) is 13.2 Å². The molecule has 0 saturated carbocycles. The molecule has 0 radical (unpaired) electrons. The predicted molar refractivity (Wildman–Crippen MR) is 48.4 cm³/mol. The summed E-state index contributed by atoms with van der Waals surface area (Å²) in [5, 5.41) is 0. The summed E-state index contributed by atoms with van der Waals surface area (Å²) in [7, 11) is 0. The minimum atomic E-state index is -4.68. The second-order valence-electron chi connectivity index (χ2n) is 3.29. The summed E-state index contributed by atoms with van der Waals surface area (Å²) in [5.41, 5.74) is 0. The van der Waals surface area contributed by atoms with Gasteiger partial charge in [0.1, 0.15) is 24.2 Å². The molecule has 1 saturated heterocycles. The summed E-state index contributed by atoms with van der Waals surface area (Å²) < 4.78 is 49.6. The molecule has 1 aromatic carbocycles. The lowest BCUT2D eigenvalue weighted by atomic mass is 10.3. The van der Waals surface area contributed by atoms with E-state index in [9.17, 15) is 13.2 Å². The van der Waals surface area contributed by atoms with Gasteiger partial charge in [0.2, 0.25) is 0 Å². The summed E-state index contributed by atoms with van der Waals surface area (Å²) in [4.78, 5) is 0. The summed E-state index contributed by atoms with van der Waals surface area (Å²) in [6.45, 7) is 0.980. The van der Waals surface area contributed by atoms with Crippen molar-refractivity contribution >= 4 is 0 Å². The molecule has 1 unspecified atom stereocenters. The van der Waals surface area contributed by atoms with Crippen molar-refractivity contribution in [2.45, 2.75) is 12.5 Å². The minimum absolute atomic E-state index is 0.0622. The fraction of sp³-hybridized carbons (Fsp3) is 0.400. The standard InChI is InChI=1S/C10H9F3O3/c11-10(12,13)16-8-3-1-2-7(4-8)14-5-9-6-15-9/h1-4,9H,5-6H2. The Hall–Kier alpha value is -1.43. The molecule has 1 atom stereocenters. The Morgan fingerprint density at radius 3 is 2.62 bits per heavy atom. The summed E-state index contributed by atoms with van der Waals surface area (Å²) in [6.07, 6.45) is -4.62. The third-order valence-electron chi connectivity index (χ3n) is 1.88. The second-order valence-corrected chi connectivity index (χ2v) is 3.29. The van der Waals surface area contributed by atoms with E-state index in [4.69, 9.17) is 9.47 Å². The van der Waals surface area contributed by atoms with E-state index in [1.165, 1.54) is 18.2 Å². The number of halogens is 3. The maximum atomic E-state index is 11.9. The highest BCUT2D eigenvalue weighted by atomic mass is 19.4. The fourth-order valence-electron chi connectivity index (χ4n) is 1.11. The molecular weight excluding hydrogens is 225 g/mol. The Balaban J connectivity index is 1.95. The number of epoxide rings is 1. The highest BCUT2D eigenvalue weighted by Gasteiger charge is 2.31. The van der Waals surface area contributed by atoms with Gasteiger partial charge in [-0.25, -0.2) is 0 Å². The maximum Gasteiger partial charge on any atom is 0.573 e. The van der Waals surface area contributed by atoms with Crippen molar-refractivity contribution < 1.29 is 27.4 Å². The molecule has 0 aliphatic carbocycles. The number of benzene rings is 1. The lowest BCUT2D eigenvalue weighted by Gasteiger charge is -2.10. The number of alkyl halides is 3. The minimum Gasteiger partial charge on any atom is -0.491 e. The molecule has 1 fully saturated rings. The SMILES string of the molecule is FC(F)(F)Oc1cccc(OCC2CO2)c1. The van der Waals surface area contributed by atoms with Gasteiger partial charge in [0, 0.05) is 6.07 Å². The van der Waals surface area contributed by atoms with Crippen LogP contribution in [0.3, 0.4) is 0 Å². The molecule has 1 aromatic rings. The first kappa shape index (κ1) is 11.1. The zero-order valence-corrected chi connectivity index (χ0v) is 8.16. The van der Waals surface area contributed by atoms with Crippen LogP contribution in [0.15, 0.2) is 24.3 Å². The largest absolute Gasteiger partial charge is 0.573 e. The third-order valence-corrected chi connectivity index (χ3v) is 1.88. The van der Waals surface area contributed by atoms with Gasteiger partial charge in [0.25, 0.3) is 0 Å². The monoisotopic (exact) mass is 234 g/mol. The van der Waals surface area contributed by atoms with Crippen molar-refractivity contribution in [3.05, 3.63) is 24.3 Å². The number of rotatable bonds is 4. The lowest BCUT2D eigenvalue weighted by molar-refractivity contribution is -0.274. The van der Waals surface area contributed by atoms with Gasteiger partial charge >= 0.3 is 6.36 Å². The highest BCUT2D eigenvalue weighted by Crippen LogP contribution is 2.26. The molecule has 0 bridgehead atoms. The summed E-state index contributed by atoms with van der Waals surface area (Å²) >= 11 is 0. The van der Waals surface area contributed by atoms with Crippen molar-refractivity contribution in [3.63, 3.8) is 0 Å². The van der Waals surface area contributed by atoms with E-state index in [0.717, 1.165) is 0 Å². The Morgan fingerprint density at radius 1 is 1.31 bits per heavy atom. The van der Waals surface area contributed by atoms with E-state index >= 15 is 0 Å². The van der Waals surface area contributed by atoms with Crippen molar-refractivity contribution in [3.8, 4) is 11.5 Å². The second kappa shape index (κ2) is 4.21. The molecule has 0 aromatic heterocycles. The van der Waals surface area contributed by atoms with Crippen LogP contribution in [-0.2, 0) is 4.74 Å². The molecule has 1 heterocycles. The van der Waals surface area contributed by atoms with Gasteiger partial charge < -0.3 is 14.2 Å². The molecule has 1 aliphatic rings. The van der Waals surface area contributed by atoms with Crippen LogP contribution in [-0.4, -0.2) is 25.7 Å². The molecule has 88 valence electrons. The van der Waals surface area contributed by atoms with Crippen LogP contribution in [0.2, 0.25) is 0 Å². The Labute approximate surface area is 89.7 Å². The Kier molecular flexibility index (Phi) is 2.91. The topological polar surface area (TPSA) is 31.0 Å². The number of ether oxygens (including phenoxy) is 3. The molecule has 3 nitrogen and oxygen atoms in total. The van der Waals surface area contributed by atoms with Gasteiger partial charge in [0.15, 0.2) is 0 Å². The van der Waals surface area contributed by atoms with Gasteiger partial charge in [-0.1, -0.05) is 6.07 Å². The van der Waals surface area contributed by atoms with Crippen LogP contribution in [0.1, 0.15) is 0 Å². The quantitative estimate of drug-likeness (QED) is 0.749. The molecular formula is C10H9F3O3. The van der Waals surface area contributed by atoms with Crippen LogP contribution in [0.5, 0.6) is 11.5 Å². The zero-order valence-electron chi connectivity index (χ0n) is 8.16. The van der Waals surface area contributed by atoms with Gasteiger partial charge in [-0.2, -0.15) is 0 Å². The van der Waals surface area contributed by atoms with E-state index < -0.39 is 6.36 Å². The number of hydrogen-bond acceptors (Lipinski definition) is 3. The smallest absolute Gasteiger partial charge is 0.491 e. The molecule has 0 N–H and O–H groups in total. The maximum absolute atomic E-state index is 11.9. The average molecular weight is 234 g/mol. The lowest BCUT2D eigenvalue weighted by Crippen LogP contribution is -2.17. The van der Waals surface area contributed by atoms with Crippen LogP contribution in [0.25, 0.3) is 0 Å². The normalized spacial score (nSPS) is 19.3. The zero-order chi connectivity index (χ0) is 11.6.